The molecule has 262 valence electrons. The number of amides is 2. The number of ether oxygens (including phenoxy) is 2. The molecular formula is C35H41BrN4O7S2. The first-order chi connectivity index (χ1) is 23.6. The Balaban J connectivity index is 1.31. The lowest BCUT2D eigenvalue weighted by molar-refractivity contribution is 0.0776. The zero-order chi connectivity index (χ0) is 34.3. The number of aryl methyl sites for hydroxylation is 1. The summed E-state index contributed by atoms with van der Waals surface area (Å²) in [5, 5.41) is 18.1. The fourth-order valence-corrected chi connectivity index (χ4v) is 10.2. The first-order valence-corrected chi connectivity index (χ1v) is 20.0. The molecule has 3 aromatic rings. The molecule has 3 heterocycles. The quantitative estimate of drug-likeness (QED) is 0.206. The number of hydrogen-bond acceptors (Lipinski definition) is 9. The van der Waals surface area contributed by atoms with Crippen molar-refractivity contribution in [1.82, 2.24) is 15.0 Å². The predicted octanol–water partition coefficient (Wildman–Crippen LogP) is 5.86. The molecule has 2 fully saturated rings. The molecule has 7 rings (SSSR count). The van der Waals surface area contributed by atoms with Crippen molar-refractivity contribution in [1.29, 1.82) is 0 Å². The average molecular weight is 774 g/mol. The smallest absolute Gasteiger partial charge is 0.318 e. The molecule has 14 heteroatoms. The lowest BCUT2D eigenvalue weighted by atomic mass is 9.64. The molecule has 4 aliphatic rings. The third-order valence-corrected chi connectivity index (χ3v) is 13.4. The second kappa shape index (κ2) is 13.8. The van der Waals surface area contributed by atoms with Crippen LogP contribution in [-0.4, -0.2) is 67.3 Å². The van der Waals surface area contributed by atoms with Gasteiger partial charge in [-0.2, -0.15) is 13.5 Å². The molecule has 49 heavy (non-hydrogen) atoms. The van der Waals surface area contributed by atoms with Crippen LogP contribution in [0.2, 0.25) is 0 Å². The van der Waals surface area contributed by atoms with Crippen LogP contribution in [-0.2, 0) is 27.7 Å². The first-order valence-electron chi connectivity index (χ1n) is 16.7. The van der Waals surface area contributed by atoms with Gasteiger partial charge < -0.3 is 29.2 Å². The van der Waals surface area contributed by atoms with E-state index in [0.29, 0.717) is 61.3 Å². The number of carbonyl (C=O) groups is 1. The summed E-state index contributed by atoms with van der Waals surface area (Å²) in [6.07, 6.45) is 4.73. The van der Waals surface area contributed by atoms with Gasteiger partial charge in [0.15, 0.2) is 0 Å². The van der Waals surface area contributed by atoms with Crippen molar-refractivity contribution < 1.29 is 32.2 Å². The number of carbonyl (C=O) groups excluding carboxylic acids is 1. The van der Waals surface area contributed by atoms with E-state index in [2.05, 4.69) is 31.2 Å². The molecule has 3 N–H and O–H groups in total. The number of nitrogens with one attached hydrogen (secondary N) is 2. The van der Waals surface area contributed by atoms with Gasteiger partial charge in [0.1, 0.15) is 27.8 Å². The Labute approximate surface area is 299 Å². The number of nitrogens with zero attached hydrogens (tertiary/aromatic N) is 2. The van der Waals surface area contributed by atoms with E-state index < -0.39 is 27.6 Å². The highest BCUT2D eigenvalue weighted by atomic mass is 79.9. The van der Waals surface area contributed by atoms with Crippen LogP contribution in [0.1, 0.15) is 61.5 Å². The fourth-order valence-electron chi connectivity index (χ4n) is 7.30. The van der Waals surface area contributed by atoms with Crippen LogP contribution >= 0.6 is 27.7 Å². The maximum Gasteiger partial charge on any atom is 0.318 e. The summed E-state index contributed by atoms with van der Waals surface area (Å²) in [6, 6.07) is 11.7. The van der Waals surface area contributed by atoms with Gasteiger partial charge in [0.25, 0.3) is 10.0 Å². The summed E-state index contributed by atoms with van der Waals surface area (Å²) in [4.78, 5) is 17.9. The first kappa shape index (κ1) is 34.3. The molecule has 2 saturated carbocycles. The number of benzene rings is 2. The summed E-state index contributed by atoms with van der Waals surface area (Å²) in [5.74, 6) is 3.24. The van der Waals surface area contributed by atoms with Crippen molar-refractivity contribution in [3.8, 4) is 11.5 Å². The standard InChI is InChI=1S/C35H41BrN4O7S2/c1-3-37-34(42)40-17-23-13-28(46-19-22-8-9-22)32(36)33-31(23)35(16-25(40)18-41)29(47-33)14-24(15-30(35)48-20-26-5-4-12-45-26)38-39-49(43,44)27-10-6-21(2)7-11-27/h4-7,10-13,22,25,29-30,39,41H,3,8-9,14-20H2,1-2H3,(H,37,42)/b38-24+/t25-,29+,30+,35?/m0/s1. The molecule has 4 atom stereocenters. The van der Waals surface area contributed by atoms with Crippen LogP contribution in [0.15, 0.2) is 67.6 Å². The zero-order valence-electron chi connectivity index (χ0n) is 27.5. The number of hydrogen-bond donors (Lipinski definition) is 3. The Morgan fingerprint density at radius 3 is 2.71 bits per heavy atom. The number of rotatable bonds is 11. The Hall–Kier alpha value is -3.20. The monoisotopic (exact) mass is 772 g/mol. The van der Waals surface area contributed by atoms with Gasteiger partial charge in [0.05, 0.1) is 41.6 Å². The van der Waals surface area contributed by atoms with Gasteiger partial charge in [-0.3, -0.25) is 0 Å². The summed E-state index contributed by atoms with van der Waals surface area (Å²) in [7, 11) is -3.90. The summed E-state index contributed by atoms with van der Waals surface area (Å²) < 4.78 is 46.2. The normalized spacial score (nSPS) is 25.3. The maximum atomic E-state index is 13.5. The van der Waals surface area contributed by atoms with Crippen LogP contribution in [0.4, 0.5) is 4.79 Å². The van der Waals surface area contributed by atoms with Crippen LogP contribution in [0.5, 0.6) is 11.5 Å². The predicted molar refractivity (Wildman–Crippen MR) is 191 cm³/mol. The molecule has 11 nitrogen and oxygen atoms in total. The molecular weight excluding hydrogens is 732 g/mol. The minimum atomic E-state index is -3.90. The zero-order valence-corrected chi connectivity index (χ0v) is 30.7. The van der Waals surface area contributed by atoms with Crippen LogP contribution in [0.25, 0.3) is 0 Å². The number of hydrazone groups is 1. The second-order valence-electron chi connectivity index (χ2n) is 13.3. The van der Waals surface area contributed by atoms with E-state index in [9.17, 15) is 18.3 Å². The maximum absolute atomic E-state index is 13.5. The highest BCUT2D eigenvalue weighted by Gasteiger charge is 2.61. The SMILES string of the molecule is CCNC(=O)N1Cc2cc(OCC3CC3)c(Br)c3c2C2(C[C@H]1CO)[C@@H](C/C(=N\NS(=O)(=O)c1ccc(C)cc1)C[C@H]2SCc1ccco1)O3. The van der Waals surface area contributed by atoms with Gasteiger partial charge in [-0.15, -0.1) is 11.8 Å². The third kappa shape index (κ3) is 6.68. The van der Waals surface area contributed by atoms with Crippen molar-refractivity contribution in [2.75, 3.05) is 19.8 Å². The highest BCUT2D eigenvalue weighted by molar-refractivity contribution is 9.10. The van der Waals surface area contributed by atoms with Crippen molar-refractivity contribution in [2.24, 2.45) is 11.0 Å². The van der Waals surface area contributed by atoms with Gasteiger partial charge in [-0.1, -0.05) is 17.7 Å². The number of aliphatic hydroxyl groups excluding tert-OH is 1. The van der Waals surface area contributed by atoms with E-state index >= 15 is 0 Å². The number of thioether (sulfide) groups is 1. The van der Waals surface area contributed by atoms with E-state index in [1.54, 1.807) is 47.2 Å². The summed E-state index contributed by atoms with van der Waals surface area (Å²) >= 11 is 5.52. The highest BCUT2D eigenvalue weighted by Crippen LogP contribution is 2.61. The van der Waals surface area contributed by atoms with E-state index in [-0.39, 0.29) is 29.3 Å². The van der Waals surface area contributed by atoms with E-state index in [4.69, 9.17) is 13.9 Å². The number of sulfonamides is 1. The molecule has 0 bridgehead atoms. The lowest BCUT2D eigenvalue weighted by Crippen LogP contribution is -2.56. The van der Waals surface area contributed by atoms with Crippen molar-refractivity contribution in [2.45, 2.75) is 86.0 Å². The lowest BCUT2D eigenvalue weighted by Gasteiger charge is -2.46. The molecule has 1 spiro atoms. The molecule has 0 saturated heterocycles. The third-order valence-electron chi connectivity index (χ3n) is 9.97. The molecule has 1 aromatic heterocycles. The second-order valence-corrected chi connectivity index (χ2v) is 17.0. The Morgan fingerprint density at radius 1 is 1.22 bits per heavy atom. The van der Waals surface area contributed by atoms with E-state index in [1.165, 1.54) is 0 Å². The Kier molecular flexibility index (Phi) is 9.68. The minimum Gasteiger partial charge on any atom is -0.492 e. The largest absolute Gasteiger partial charge is 0.492 e. The molecule has 2 aliphatic heterocycles. The van der Waals surface area contributed by atoms with Crippen LogP contribution < -0.4 is 19.6 Å². The number of halogens is 1. The van der Waals surface area contributed by atoms with Crippen LogP contribution in [0, 0.1) is 12.8 Å². The molecule has 2 aliphatic carbocycles. The number of aliphatic hydroxyl groups is 1. The average Bonchev–Trinajstić information content (AvgIpc) is 3.69. The molecule has 2 amide bonds. The minimum absolute atomic E-state index is 0.135. The Bertz CT molecular complexity index is 1830. The fraction of sp³-hybridized carbons (Fsp3) is 0.486. The summed E-state index contributed by atoms with van der Waals surface area (Å²) in [5.41, 5.74) is 2.88. The van der Waals surface area contributed by atoms with Gasteiger partial charge in [-0.05, 0) is 90.9 Å². The number of urea groups is 1. The van der Waals surface area contributed by atoms with Crippen molar-refractivity contribution >= 4 is 49.5 Å². The number of furan rings is 1. The molecule has 1 unspecified atom stereocenters. The van der Waals surface area contributed by atoms with Gasteiger partial charge in [0.2, 0.25) is 0 Å². The van der Waals surface area contributed by atoms with Gasteiger partial charge in [-0.25, -0.2) is 9.63 Å². The van der Waals surface area contributed by atoms with Gasteiger partial charge >= 0.3 is 6.03 Å². The topological polar surface area (TPSA) is 143 Å². The molecule has 2 aromatic carbocycles. The van der Waals surface area contributed by atoms with E-state index in [1.807, 2.05) is 32.0 Å². The molecule has 0 radical (unpaired) electrons. The Morgan fingerprint density at radius 2 is 2.02 bits per heavy atom. The van der Waals surface area contributed by atoms with Crippen molar-refractivity contribution in [3.63, 3.8) is 0 Å². The van der Waals surface area contributed by atoms with Crippen LogP contribution in [0.3, 0.4) is 0 Å². The van der Waals surface area contributed by atoms with Crippen molar-refractivity contribution in [3.05, 3.63) is 75.7 Å². The van der Waals surface area contributed by atoms with Gasteiger partial charge in [0, 0.05) is 42.5 Å². The van der Waals surface area contributed by atoms with E-state index in [0.717, 1.165) is 39.8 Å². The summed E-state index contributed by atoms with van der Waals surface area (Å²) in [6.45, 7) is 4.88.